The minimum atomic E-state index is 0.536. The lowest BCUT2D eigenvalue weighted by atomic mass is 10.1. The second-order valence-electron chi connectivity index (χ2n) is 3.91. The number of halogens is 1. The van der Waals surface area contributed by atoms with Crippen molar-refractivity contribution in [1.29, 1.82) is 0 Å². The zero-order chi connectivity index (χ0) is 12.0. The predicted molar refractivity (Wildman–Crippen MR) is 71.4 cm³/mol. The molecular weight excluding hydrogens is 280 g/mol. The maximum Gasteiger partial charge on any atom is 0.120 e. The van der Waals surface area contributed by atoms with Gasteiger partial charge in [-0.2, -0.15) is 0 Å². The molecule has 0 bridgehead atoms. The van der Waals surface area contributed by atoms with E-state index in [-0.39, 0.29) is 0 Å². The molecule has 17 heavy (non-hydrogen) atoms. The number of nitrogen functional groups attached to an aromatic ring is 1. The molecule has 1 aliphatic carbocycles. The van der Waals surface area contributed by atoms with Gasteiger partial charge in [0.05, 0.1) is 0 Å². The highest BCUT2D eigenvalue weighted by Gasteiger charge is 2.27. The molecule has 0 heterocycles. The number of nitrogens with two attached hydrogens (primary N) is 1. The fourth-order valence-corrected chi connectivity index (χ4v) is 2.61. The van der Waals surface area contributed by atoms with Gasteiger partial charge < -0.3 is 10.9 Å². The van der Waals surface area contributed by atoms with Gasteiger partial charge in [0.15, 0.2) is 0 Å². The second-order valence-corrected chi connectivity index (χ2v) is 4.82. The van der Waals surface area contributed by atoms with Crippen LogP contribution >= 0.6 is 15.9 Å². The third-order valence-corrected chi connectivity index (χ3v) is 3.45. The molecule has 1 aliphatic rings. The molecule has 0 amide bonds. The molecule has 0 aromatic heterocycles. The zero-order valence-electron chi connectivity index (χ0n) is 8.81. The Morgan fingerprint density at radius 2 is 1.88 bits per heavy atom. The number of benzene rings is 2. The maximum absolute atomic E-state index is 9.19. The van der Waals surface area contributed by atoms with Crippen LogP contribution in [0, 0.1) is 0 Å². The molecule has 0 saturated heterocycles. The molecule has 3 nitrogen and oxygen atoms in total. The van der Waals surface area contributed by atoms with Crippen LogP contribution in [0.1, 0.15) is 11.1 Å². The Morgan fingerprint density at radius 3 is 2.65 bits per heavy atom. The van der Waals surface area contributed by atoms with E-state index in [4.69, 9.17) is 5.73 Å². The highest BCUT2D eigenvalue weighted by molar-refractivity contribution is 9.10. The summed E-state index contributed by atoms with van der Waals surface area (Å²) < 4.78 is 0.948. The van der Waals surface area contributed by atoms with E-state index in [2.05, 4.69) is 21.1 Å². The van der Waals surface area contributed by atoms with Gasteiger partial charge in [0, 0.05) is 21.3 Å². The summed E-state index contributed by atoms with van der Waals surface area (Å²) in [7, 11) is 0. The Bertz CT molecular complexity index is 650. The van der Waals surface area contributed by atoms with Crippen molar-refractivity contribution in [2.75, 3.05) is 5.73 Å². The molecule has 3 rings (SSSR count). The van der Waals surface area contributed by atoms with Gasteiger partial charge >= 0.3 is 0 Å². The summed E-state index contributed by atoms with van der Waals surface area (Å²) in [6, 6.07) is 11.6. The van der Waals surface area contributed by atoms with Crippen LogP contribution in [0.4, 0.5) is 5.69 Å². The average molecular weight is 289 g/mol. The summed E-state index contributed by atoms with van der Waals surface area (Å²) in [5, 5.41) is 12.6. The normalized spacial score (nSPS) is 14.8. The van der Waals surface area contributed by atoms with E-state index in [0.29, 0.717) is 11.4 Å². The molecule has 0 radical (unpaired) electrons. The van der Waals surface area contributed by atoms with Crippen LogP contribution in [0.25, 0.3) is 11.1 Å². The topological polar surface area (TPSA) is 58.6 Å². The van der Waals surface area contributed by atoms with Gasteiger partial charge in [-0.1, -0.05) is 39.3 Å². The number of oxime groups is 1. The summed E-state index contributed by atoms with van der Waals surface area (Å²) >= 11 is 3.42. The molecule has 3 N–H and O–H groups in total. The van der Waals surface area contributed by atoms with Gasteiger partial charge in [0.1, 0.15) is 5.71 Å². The summed E-state index contributed by atoms with van der Waals surface area (Å²) in [6.07, 6.45) is 0. The predicted octanol–water partition coefficient (Wildman–Crippen LogP) is 3.24. The van der Waals surface area contributed by atoms with Gasteiger partial charge in [-0.05, 0) is 29.3 Å². The minimum absolute atomic E-state index is 0.536. The monoisotopic (exact) mass is 288 g/mol. The van der Waals surface area contributed by atoms with Crippen LogP contribution in [0.3, 0.4) is 0 Å². The molecule has 0 fully saturated rings. The van der Waals surface area contributed by atoms with E-state index < -0.39 is 0 Å². The molecule has 2 aromatic rings. The minimum Gasteiger partial charge on any atom is -0.410 e. The van der Waals surface area contributed by atoms with Gasteiger partial charge in [-0.25, -0.2) is 0 Å². The van der Waals surface area contributed by atoms with Crippen molar-refractivity contribution in [3.8, 4) is 11.1 Å². The number of anilines is 1. The Balaban J connectivity index is 2.41. The van der Waals surface area contributed by atoms with E-state index in [0.717, 1.165) is 26.7 Å². The molecule has 84 valence electrons. The SMILES string of the molecule is Nc1cccc2c1C(=NO)c1cc(Br)ccc1-2. The van der Waals surface area contributed by atoms with Crippen LogP contribution in [0.15, 0.2) is 46.0 Å². The van der Waals surface area contributed by atoms with Gasteiger partial charge in [-0.3, -0.25) is 0 Å². The van der Waals surface area contributed by atoms with Gasteiger partial charge in [0.25, 0.3) is 0 Å². The first kappa shape index (κ1) is 10.4. The number of hydrogen-bond acceptors (Lipinski definition) is 3. The Labute approximate surface area is 107 Å². The lowest BCUT2D eigenvalue weighted by Crippen LogP contribution is -2.02. The standard InChI is InChI=1S/C13H9BrN2O/c14-7-4-5-8-9-2-1-3-11(15)12(9)13(16-17)10(8)6-7/h1-6,17H,15H2. The zero-order valence-corrected chi connectivity index (χ0v) is 10.4. The van der Waals surface area contributed by atoms with Crippen LogP contribution < -0.4 is 5.73 Å². The smallest absolute Gasteiger partial charge is 0.120 e. The summed E-state index contributed by atoms with van der Waals surface area (Å²) in [5.74, 6) is 0. The fraction of sp³-hybridized carbons (Fsp3) is 0. The highest BCUT2D eigenvalue weighted by Crippen LogP contribution is 2.40. The van der Waals surface area contributed by atoms with Gasteiger partial charge in [-0.15, -0.1) is 0 Å². The molecule has 0 spiro atoms. The lowest BCUT2D eigenvalue weighted by molar-refractivity contribution is 0.320. The first-order chi connectivity index (χ1) is 8.22. The quantitative estimate of drug-likeness (QED) is 0.379. The molecule has 4 heteroatoms. The maximum atomic E-state index is 9.19. The summed E-state index contributed by atoms with van der Waals surface area (Å²) in [6.45, 7) is 0. The number of fused-ring (bicyclic) bond motifs is 3. The van der Waals surface area contributed by atoms with Gasteiger partial charge in [0.2, 0.25) is 0 Å². The molecule has 0 unspecified atom stereocenters. The van der Waals surface area contributed by atoms with E-state index in [1.54, 1.807) is 0 Å². The van der Waals surface area contributed by atoms with Crippen molar-refractivity contribution in [2.45, 2.75) is 0 Å². The number of hydrogen-bond donors (Lipinski definition) is 2. The van der Waals surface area contributed by atoms with Crippen molar-refractivity contribution in [2.24, 2.45) is 5.16 Å². The van der Waals surface area contributed by atoms with E-state index in [1.807, 2.05) is 36.4 Å². The Kier molecular flexibility index (Phi) is 2.19. The molecular formula is C13H9BrN2O. The molecule has 0 aliphatic heterocycles. The van der Waals surface area contributed by atoms with Crippen LogP contribution in [-0.2, 0) is 0 Å². The first-order valence-corrected chi connectivity index (χ1v) is 5.93. The summed E-state index contributed by atoms with van der Waals surface area (Å²) in [5.41, 5.74) is 10.9. The van der Waals surface area contributed by atoms with Crippen molar-refractivity contribution in [1.82, 2.24) is 0 Å². The Morgan fingerprint density at radius 1 is 1.06 bits per heavy atom. The van der Waals surface area contributed by atoms with Crippen LogP contribution in [0.5, 0.6) is 0 Å². The molecule has 0 saturated carbocycles. The van der Waals surface area contributed by atoms with Crippen molar-refractivity contribution >= 4 is 27.3 Å². The number of rotatable bonds is 0. The first-order valence-electron chi connectivity index (χ1n) is 5.13. The van der Waals surface area contributed by atoms with E-state index >= 15 is 0 Å². The number of nitrogens with zero attached hydrogens (tertiary/aromatic N) is 1. The van der Waals surface area contributed by atoms with Crippen molar-refractivity contribution in [3.63, 3.8) is 0 Å². The Hall–Kier alpha value is -1.81. The molecule has 0 atom stereocenters. The van der Waals surface area contributed by atoms with E-state index in [1.165, 1.54) is 0 Å². The second kappa shape index (κ2) is 3.60. The largest absolute Gasteiger partial charge is 0.410 e. The van der Waals surface area contributed by atoms with Crippen LogP contribution in [-0.4, -0.2) is 10.9 Å². The third kappa shape index (κ3) is 1.37. The highest BCUT2D eigenvalue weighted by atomic mass is 79.9. The van der Waals surface area contributed by atoms with Crippen molar-refractivity contribution < 1.29 is 5.21 Å². The molecule has 2 aromatic carbocycles. The summed E-state index contributed by atoms with van der Waals surface area (Å²) in [4.78, 5) is 0. The average Bonchev–Trinajstić information content (AvgIpc) is 2.63. The van der Waals surface area contributed by atoms with E-state index in [9.17, 15) is 5.21 Å². The van der Waals surface area contributed by atoms with Crippen molar-refractivity contribution in [3.05, 3.63) is 52.0 Å². The third-order valence-electron chi connectivity index (χ3n) is 2.96. The van der Waals surface area contributed by atoms with Crippen LogP contribution in [0.2, 0.25) is 0 Å². The lowest BCUT2D eigenvalue weighted by Gasteiger charge is -2.02. The fourth-order valence-electron chi connectivity index (χ4n) is 2.24.